The highest BCUT2D eigenvalue weighted by atomic mass is 79.9. The Bertz CT molecular complexity index is 480. The summed E-state index contributed by atoms with van der Waals surface area (Å²) < 4.78 is 6.50. The standard InChI is InChI=1S/C13H15BrN2O2/c14-11-5-8(1-4-12(11)15)13(17)16-6-9-2-3-10(7-16)18-9/h1,4-5,9-10H,2-3,6-7,15H2. The fraction of sp³-hybridized carbons (Fsp3) is 0.462. The second kappa shape index (κ2) is 4.55. The lowest BCUT2D eigenvalue weighted by molar-refractivity contribution is -0.0303. The van der Waals surface area contributed by atoms with Crippen molar-refractivity contribution in [3.05, 3.63) is 28.2 Å². The van der Waals surface area contributed by atoms with E-state index in [9.17, 15) is 4.79 Å². The molecule has 2 unspecified atom stereocenters. The largest absolute Gasteiger partial charge is 0.398 e. The van der Waals surface area contributed by atoms with Crippen LogP contribution < -0.4 is 5.73 Å². The number of hydrogen-bond donors (Lipinski definition) is 1. The van der Waals surface area contributed by atoms with Gasteiger partial charge in [-0.25, -0.2) is 0 Å². The van der Waals surface area contributed by atoms with Gasteiger partial charge in [-0.1, -0.05) is 0 Å². The van der Waals surface area contributed by atoms with Gasteiger partial charge in [0, 0.05) is 28.8 Å². The lowest BCUT2D eigenvalue weighted by atomic mass is 10.1. The Balaban J connectivity index is 1.79. The molecule has 2 fully saturated rings. The Morgan fingerprint density at radius 1 is 1.33 bits per heavy atom. The summed E-state index contributed by atoms with van der Waals surface area (Å²) in [5, 5.41) is 0. The number of hydrogen-bond acceptors (Lipinski definition) is 3. The molecule has 0 radical (unpaired) electrons. The number of nitrogens with two attached hydrogens (primary N) is 1. The van der Waals surface area contributed by atoms with E-state index in [0.29, 0.717) is 24.3 Å². The molecule has 18 heavy (non-hydrogen) atoms. The van der Waals surface area contributed by atoms with Gasteiger partial charge >= 0.3 is 0 Å². The first-order valence-electron chi connectivity index (χ1n) is 6.13. The summed E-state index contributed by atoms with van der Waals surface area (Å²) in [4.78, 5) is 14.3. The number of amides is 1. The Morgan fingerprint density at radius 3 is 2.61 bits per heavy atom. The number of carbonyl (C=O) groups excluding carboxylic acids is 1. The minimum absolute atomic E-state index is 0.0656. The second-order valence-corrected chi connectivity index (χ2v) is 5.76. The van der Waals surface area contributed by atoms with Crippen molar-refractivity contribution in [3.8, 4) is 0 Å². The summed E-state index contributed by atoms with van der Waals surface area (Å²) in [5.41, 5.74) is 7.05. The molecule has 2 atom stereocenters. The molecule has 1 aromatic carbocycles. The Morgan fingerprint density at radius 2 is 2.00 bits per heavy atom. The van der Waals surface area contributed by atoms with Crippen molar-refractivity contribution in [2.75, 3.05) is 18.8 Å². The molecule has 2 aliphatic rings. The summed E-state index contributed by atoms with van der Waals surface area (Å²) in [7, 11) is 0. The third-order valence-corrected chi connectivity index (χ3v) is 4.26. The number of likely N-dealkylation sites (tertiary alicyclic amines) is 1. The lowest BCUT2D eigenvalue weighted by Gasteiger charge is -2.32. The van der Waals surface area contributed by atoms with Crippen molar-refractivity contribution < 1.29 is 9.53 Å². The van der Waals surface area contributed by atoms with Crippen molar-refractivity contribution in [2.24, 2.45) is 0 Å². The molecule has 2 saturated heterocycles. The summed E-state index contributed by atoms with van der Waals surface area (Å²) in [6.45, 7) is 1.41. The van der Waals surface area contributed by atoms with Crippen LogP contribution in [0.4, 0.5) is 5.69 Å². The molecule has 5 heteroatoms. The van der Waals surface area contributed by atoms with Crippen LogP contribution in [0.1, 0.15) is 23.2 Å². The second-order valence-electron chi connectivity index (χ2n) is 4.90. The van der Waals surface area contributed by atoms with Crippen molar-refractivity contribution in [1.82, 2.24) is 4.90 Å². The molecule has 0 saturated carbocycles. The first kappa shape index (κ1) is 12.0. The van der Waals surface area contributed by atoms with Crippen LogP contribution in [0.25, 0.3) is 0 Å². The van der Waals surface area contributed by atoms with Crippen molar-refractivity contribution >= 4 is 27.5 Å². The van der Waals surface area contributed by atoms with Crippen LogP contribution >= 0.6 is 15.9 Å². The molecular weight excluding hydrogens is 296 g/mol. The average molecular weight is 311 g/mol. The first-order chi connectivity index (χ1) is 8.63. The molecule has 2 bridgehead atoms. The van der Waals surface area contributed by atoms with Gasteiger partial charge in [-0.3, -0.25) is 4.79 Å². The molecule has 0 aliphatic carbocycles. The quantitative estimate of drug-likeness (QED) is 0.808. The van der Waals surface area contributed by atoms with Crippen LogP contribution in [0.5, 0.6) is 0 Å². The van der Waals surface area contributed by atoms with Crippen LogP contribution in [0, 0.1) is 0 Å². The van der Waals surface area contributed by atoms with Gasteiger partial charge in [0.25, 0.3) is 5.91 Å². The van der Waals surface area contributed by atoms with Crippen LogP contribution in [0.3, 0.4) is 0 Å². The van der Waals surface area contributed by atoms with E-state index in [4.69, 9.17) is 10.5 Å². The molecule has 96 valence electrons. The topological polar surface area (TPSA) is 55.6 Å². The number of benzene rings is 1. The summed E-state index contributed by atoms with van der Waals surface area (Å²) in [5.74, 6) is 0.0656. The number of carbonyl (C=O) groups is 1. The van der Waals surface area contributed by atoms with Gasteiger partial charge in [0.15, 0.2) is 0 Å². The number of halogens is 1. The molecule has 0 aromatic heterocycles. The van der Waals surface area contributed by atoms with Crippen molar-refractivity contribution in [3.63, 3.8) is 0 Å². The molecule has 3 rings (SSSR count). The zero-order valence-electron chi connectivity index (χ0n) is 9.93. The summed E-state index contributed by atoms with van der Waals surface area (Å²) >= 11 is 3.35. The van der Waals surface area contributed by atoms with E-state index in [-0.39, 0.29) is 18.1 Å². The SMILES string of the molecule is Nc1ccc(C(=O)N2CC3CCC(C2)O3)cc1Br. The highest BCUT2D eigenvalue weighted by Gasteiger charge is 2.35. The van der Waals surface area contributed by atoms with Gasteiger partial charge in [0.05, 0.1) is 12.2 Å². The van der Waals surface area contributed by atoms with E-state index in [1.165, 1.54) is 0 Å². The van der Waals surface area contributed by atoms with Crippen LogP contribution in [0.15, 0.2) is 22.7 Å². The fourth-order valence-corrected chi connectivity index (χ4v) is 3.00. The van der Waals surface area contributed by atoms with Gasteiger partial charge in [0.1, 0.15) is 0 Å². The monoisotopic (exact) mass is 310 g/mol. The van der Waals surface area contributed by atoms with E-state index in [2.05, 4.69) is 15.9 Å². The van der Waals surface area contributed by atoms with E-state index in [1.54, 1.807) is 18.2 Å². The average Bonchev–Trinajstić information content (AvgIpc) is 2.71. The third kappa shape index (κ3) is 2.12. The number of anilines is 1. The molecule has 4 nitrogen and oxygen atoms in total. The number of nitrogen functional groups attached to an aromatic ring is 1. The Kier molecular flexibility index (Phi) is 3.03. The van der Waals surface area contributed by atoms with E-state index in [1.807, 2.05) is 4.90 Å². The first-order valence-corrected chi connectivity index (χ1v) is 6.92. The number of morpholine rings is 1. The van der Waals surface area contributed by atoms with E-state index in [0.717, 1.165) is 17.3 Å². The highest BCUT2D eigenvalue weighted by Crippen LogP contribution is 2.28. The zero-order valence-corrected chi connectivity index (χ0v) is 11.5. The van der Waals surface area contributed by atoms with Gasteiger partial charge in [-0.05, 0) is 47.0 Å². The van der Waals surface area contributed by atoms with Gasteiger partial charge in [-0.2, -0.15) is 0 Å². The molecule has 2 heterocycles. The van der Waals surface area contributed by atoms with Crippen LogP contribution in [-0.2, 0) is 4.74 Å². The minimum atomic E-state index is 0.0656. The maximum Gasteiger partial charge on any atom is 0.254 e. The molecular formula is C13H15BrN2O2. The van der Waals surface area contributed by atoms with Crippen molar-refractivity contribution in [1.29, 1.82) is 0 Å². The van der Waals surface area contributed by atoms with Crippen molar-refractivity contribution in [2.45, 2.75) is 25.0 Å². The fourth-order valence-electron chi connectivity index (χ4n) is 2.62. The highest BCUT2D eigenvalue weighted by molar-refractivity contribution is 9.10. The smallest absolute Gasteiger partial charge is 0.254 e. The van der Waals surface area contributed by atoms with Crippen LogP contribution in [-0.4, -0.2) is 36.1 Å². The number of nitrogens with zero attached hydrogens (tertiary/aromatic N) is 1. The van der Waals surface area contributed by atoms with Gasteiger partial charge < -0.3 is 15.4 Å². The number of ether oxygens (including phenoxy) is 1. The van der Waals surface area contributed by atoms with E-state index < -0.39 is 0 Å². The molecule has 2 N–H and O–H groups in total. The predicted octanol–water partition coefficient (Wildman–Crippen LogP) is 2.03. The Hall–Kier alpha value is -1.07. The summed E-state index contributed by atoms with van der Waals surface area (Å²) in [6, 6.07) is 5.32. The number of rotatable bonds is 1. The maximum atomic E-state index is 12.4. The predicted molar refractivity (Wildman–Crippen MR) is 72.4 cm³/mol. The lowest BCUT2D eigenvalue weighted by Crippen LogP contribution is -2.45. The molecule has 1 amide bonds. The third-order valence-electron chi connectivity index (χ3n) is 3.58. The maximum absolute atomic E-state index is 12.4. The van der Waals surface area contributed by atoms with Gasteiger partial charge in [0.2, 0.25) is 0 Å². The van der Waals surface area contributed by atoms with E-state index >= 15 is 0 Å². The normalized spacial score (nSPS) is 26.4. The van der Waals surface area contributed by atoms with Gasteiger partial charge in [-0.15, -0.1) is 0 Å². The zero-order chi connectivity index (χ0) is 12.7. The molecule has 2 aliphatic heterocycles. The number of fused-ring (bicyclic) bond motifs is 2. The molecule has 0 spiro atoms. The van der Waals surface area contributed by atoms with Crippen LogP contribution in [0.2, 0.25) is 0 Å². The Labute approximate surface area is 114 Å². The minimum Gasteiger partial charge on any atom is -0.398 e. The molecule has 1 aromatic rings. The summed E-state index contributed by atoms with van der Waals surface area (Å²) in [6.07, 6.45) is 2.59.